The Hall–Kier alpha value is -0.350. The van der Waals surface area contributed by atoms with Gasteiger partial charge in [0.1, 0.15) is 0 Å². The molecule has 0 aromatic rings. The minimum Gasteiger partial charge on any atom is -0.378 e. The van der Waals surface area contributed by atoms with Gasteiger partial charge < -0.3 is 15.4 Å². The summed E-state index contributed by atoms with van der Waals surface area (Å²) in [5, 5.41) is 7.11. The van der Waals surface area contributed by atoms with Crippen LogP contribution in [0.15, 0.2) is 0 Å². The summed E-state index contributed by atoms with van der Waals surface area (Å²) in [4.78, 5) is 0. The maximum absolute atomic E-state index is 5.64. The molecule has 1 aliphatic rings. The van der Waals surface area contributed by atoms with E-state index in [1.165, 1.54) is 19.3 Å². The molecule has 1 heterocycles. The predicted molar refractivity (Wildman–Crippen MR) is 67.1 cm³/mol. The minimum absolute atomic E-state index is 0.399. The van der Waals surface area contributed by atoms with Crippen LogP contribution in [0, 0.1) is 0 Å². The van der Waals surface area contributed by atoms with Gasteiger partial charge in [0.2, 0.25) is 0 Å². The molecular formula is C11H22N2OS. The van der Waals surface area contributed by atoms with E-state index in [0.717, 1.165) is 24.7 Å². The van der Waals surface area contributed by atoms with Gasteiger partial charge in [-0.1, -0.05) is 0 Å². The average Bonchev–Trinajstić information content (AvgIpc) is 2.18. The van der Waals surface area contributed by atoms with Crippen LogP contribution >= 0.6 is 12.2 Å². The summed E-state index contributed by atoms with van der Waals surface area (Å²) in [6, 6.07) is 0.399. The summed E-state index contributed by atoms with van der Waals surface area (Å²) in [6.07, 6.45) is 5.22. The molecule has 1 fully saturated rings. The largest absolute Gasteiger partial charge is 0.378 e. The van der Waals surface area contributed by atoms with Crippen LogP contribution in [0.4, 0.5) is 0 Å². The molecule has 1 saturated heterocycles. The van der Waals surface area contributed by atoms with Crippen molar-refractivity contribution in [2.24, 2.45) is 0 Å². The third-order valence-electron chi connectivity index (χ3n) is 2.45. The minimum atomic E-state index is 0.399. The zero-order valence-electron chi connectivity index (χ0n) is 9.71. The second kappa shape index (κ2) is 7.01. The van der Waals surface area contributed by atoms with E-state index in [2.05, 4.69) is 24.5 Å². The SMILES string of the molecule is CC(C)NC(=S)NCCC1CCCCO1. The van der Waals surface area contributed by atoms with Crippen molar-refractivity contribution in [3.05, 3.63) is 0 Å². The summed E-state index contributed by atoms with van der Waals surface area (Å²) in [5.74, 6) is 0. The number of hydrogen-bond acceptors (Lipinski definition) is 2. The fourth-order valence-corrected chi connectivity index (χ4v) is 2.03. The first kappa shape index (κ1) is 12.7. The standard InChI is InChI=1S/C11H22N2OS/c1-9(2)13-11(15)12-7-6-10-5-3-4-8-14-10/h9-10H,3-8H2,1-2H3,(H2,12,13,15). The quantitative estimate of drug-likeness (QED) is 0.722. The van der Waals surface area contributed by atoms with Crippen molar-refractivity contribution in [2.45, 2.75) is 51.7 Å². The first-order valence-corrected chi connectivity index (χ1v) is 6.25. The van der Waals surface area contributed by atoms with Crippen molar-refractivity contribution in [1.29, 1.82) is 0 Å². The highest BCUT2D eigenvalue weighted by Crippen LogP contribution is 2.14. The number of ether oxygens (including phenoxy) is 1. The molecule has 0 radical (unpaired) electrons. The normalized spacial score (nSPS) is 21.4. The highest BCUT2D eigenvalue weighted by molar-refractivity contribution is 7.80. The van der Waals surface area contributed by atoms with E-state index in [-0.39, 0.29) is 0 Å². The Morgan fingerprint density at radius 3 is 2.87 bits per heavy atom. The maximum atomic E-state index is 5.64. The molecule has 2 N–H and O–H groups in total. The molecule has 88 valence electrons. The number of hydrogen-bond donors (Lipinski definition) is 2. The number of thiocarbonyl (C=S) groups is 1. The van der Waals surface area contributed by atoms with E-state index in [9.17, 15) is 0 Å². The molecule has 1 aliphatic heterocycles. The van der Waals surface area contributed by atoms with Crippen molar-refractivity contribution in [2.75, 3.05) is 13.2 Å². The zero-order valence-corrected chi connectivity index (χ0v) is 10.5. The molecule has 0 saturated carbocycles. The monoisotopic (exact) mass is 230 g/mol. The van der Waals surface area contributed by atoms with Gasteiger partial charge in [0.25, 0.3) is 0 Å². The van der Waals surface area contributed by atoms with Gasteiger partial charge in [-0.05, 0) is 51.7 Å². The van der Waals surface area contributed by atoms with E-state index < -0.39 is 0 Å². The second-order valence-corrected chi connectivity index (χ2v) is 4.74. The molecule has 3 nitrogen and oxygen atoms in total. The van der Waals surface area contributed by atoms with Crippen molar-refractivity contribution in [1.82, 2.24) is 10.6 Å². The van der Waals surface area contributed by atoms with E-state index in [1.54, 1.807) is 0 Å². The summed E-state index contributed by atoms with van der Waals surface area (Å²) < 4.78 is 5.64. The third kappa shape index (κ3) is 5.95. The molecule has 0 aliphatic carbocycles. The molecule has 1 atom stereocenters. The van der Waals surface area contributed by atoms with Gasteiger partial charge in [-0.15, -0.1) is 0 Å². The van der Waals surface area contributed by atoms with Gasteiger partial charge >= 0.3 is 0 Å². The topological polar surface area (TPSA) is 33.3 Å². The van der Waals surface area contributed by atoms with Gasteiger partial charge in [0.05, 0.1) is 6.10 Å². The van der Waals surface area contributed by atoms with Gasteiger partial charge in [0.15, 0.2) is 5.11 Å². The molecule has 0 aromatic carbocycles. The highest BCUT2D eigenvalue weighted by Gasteiger charge is 2.13. The van der Waals surface area contributed by atoms with E-state index >= 15 is 0 Å². The van der Waals surface area contributed by atoms with Crippen LogP contribution < -0.4 is 10.6 Å². The maximum Gasteiger partial charge on any atom is 0.166 e. The van der Waals surface area contributed by atoms with Crippen molar-refractivity contribution in [3.8, 4) is 0 Å². The molecular weight excluding hydrogens is 208 g/mol. The lowest BCUT2D eigenvalue weighted by molar-refractivity contribution is 0.0122. The fraction of sp³-hybridized carbons (Fsp3) is 0.909. The van der Waals surface area contributed by atoms with Gasteiger partial charge in [-0.2, -0.15) is 0 Å². The van der Waals surface area contributed by atoms with Crippen LogP contribution in [-0.2, 0) is 4.74 Å². The fourth-order valence-electron chi connectivity index (χ4n) is 1.69. The third-order valence-corrected chi connectivity index (χ3v) is 2.71. The Morgan fingerprint density at radius 2 is 2.27 bits per heavy atom. The Balaban J connectivity index is 2.02. The van der Waals surface area contributed by atoms with Crippen LogP contribution in [0.2, 0.25) is 0 Å². The molecule has 0 amide bonds. The van der Waals surface area contributed by atoms with Crippen LogP contribution in [0.1, 0.15) is 39.5 Å². The molecule has 1 unspecified atom stereocenters. The summed E-state index contributed by atoms with van der Waals surface area (Å²) in [6.45, 7) is 6.00. The van der Waals surface area contributed by atoms with Gasteiger partial charge in [0, 0.05) is 19.2 Å². The lowest BCUT2D eigenvalue weighted by Gasteiger charge is -2.23. The highest BCUT2D eigenvalue weighted by atomic mass is 32.1. The van der Waals surface area contributed by atoms with Crippen LogP contribution in [-0.4, -0.2) is 30.4 Å². The van der Waals surface area contributed by atoms with E-state index in [0.29, 0.717) is 12.1 Å². The van der Waals surface area contributed by atoms with E-state index in [4.69, 9.17) is 17.0 Å². The van der Waals surface area contributed by atoms with Crippen molar-refractivity contribution < 1.29 is 4.74 Å². The van der Waals surface area contributed by atoms with Gasteiger partial charge in [-0.25, -0.2) is 0 Å². The summed E-state index contributed by atoms with van der Waals surface area (Å²) >= 11 is 5.13. The molecule has 0 aromatic heterocycles. The number of rotatable bonds is 4. The zero-order chi connectivity index (χ0) is 11.1. The lowest BCUT2D eigenvalue weighted by Crippen LogP contribution is -2.40. The molecule has 0 spiro atoms. The smallest absolute Gasteiger partial charge is 0.166 e. The summed E-state index contributed by atoms with van der Waals surface area (Å²) in [7, 11) is 0. The summed E-state index contributed by atoms with van der Waals surface area (Å²) in [5.41, 5.74) is 0. The Kier molecular flexibility index (Phi) is 5.95. The Bertz CT molecular complexity index is 191. The molecule has 4 heteroatoms. The molecule has 1 rings (SSSR count). The lowest BCUT2D eigenvalue weighted by atomic mass is 10.1. The Labute approximate surface area is 98.0 Å². The van der Waals surface area contributed by atoms with Crippen LogP contribution in [0.5, 0.6) is 0 Å². The van der Waals surface area contributed by atoms with Crippen LogP contribution in [0.3, 0.4) is 0 Å². The van der Waals surface area contributed by atoms with E-state index in [1.807, 2.05) is 0 Å². The first-order chi connectivity index (χ1) is 7.18. The van der Waals surface area contributed by atoms with Crippen LogP contribution in [0.25, 0.3) is 0 Å². The van der Waals surface area contributed by atoms with Gasteiger partial charge in [-0.3, -0.25) is 0 Å². The van der Waals surface area contributed by atoms with Crippen molar-refractivity contribution >= 4 is 17.3 Å². The molecule has 0 bridgehead atoms. The number of nitrogens with one attached hydrogen (secondary N) is 2. The first-order valence-electron chi connectivity index (χ1n) is 5.84. The van der Waals surface area contributed by atoms with Crippen molar-refractivity contribution in [3.63, 3.8) is 0 Å². The molecule has 15 heavy (non-hydrogen) atoms. The second-order valence-electron chi connectivity index (χ2n) is 4.33. The average molecular weight is 230 g/mol. The predicted octanol–water partition coefficient (Wildman–Crippen LogP) is 1.82. The Morgan fingerprint density at radius 1 is 1.47 bits per heavy atom.